The number of fused-ring (bicyclic) bond motifs is 1. The van der Waals surface area contributed by atoms with Gasteiger partial charge in [0.2, 0.25) is 5.91 Å². The van der Waals surface area contributed by atoms with Crippen LogP contribution in [0.1, 0.15) is 56.0 Å². The molecule has 1 saturated carbocycles. The molecule has 0 radical (unpaired) electrons. The first-order chi connectivity index (χ1) is 18.4. The van der Waals surface area contributed by atoms with Crippen molar-refractivity contribution < 1.29 is 18.8 Å². The van der Waals surface area contributed by atoms with Crippen molar-refractivity contribution in [3.8, 4) is 5.88 Å². The number of hydrogen-bond donors (Lipinski definition) is 3. The van der Waals surface area contributed by atoms with Gasteiger partial charge in [-0.05, 0) is 55.6 Å². The number of carbonyl (C=O) groups is 2. The normalized spacial score (nSPS) is 16.5. The van der Waals surface area contributed by atoms with Crippen LogP contribution < -0.4 is 15.4 Å². The highest BCUT2D eigenvalue weighted by atomic mass is 16.6. The third-order valence-electron chi connectivity index (χ3n) is 7.51. The van der Waals surface area contributed by atoms with E-state index in [2.05, 4.69) is 25.8 Å². The fourth-order valence-electron chi connectivity index (χ4n) is 5.45. The van der Waals surface area contributed by atoms with Crippen LogP contribution in [-0.4, -0.2) is 39.2 Å². The molecular formula is C29H33N5O4. The summed E-state index contributed by atoms with van der Waals surface area (Å²) in [5.74, 6) is 0.252. The minimum Gasteiger partial charge on any atom is -0.388 e. The summed E-state index contributed by atoms with van der Waals surface area (Å²) in [6.07, 6.45) is 8.39. The van der Waals surface area contributed by atoms with Crippen molar-refractivity contribution in [2.75, 3.05) is 6.54 Å². The molecule has 0 spiro atoms. The van der Waals surface area contributed by atoms with Crippen molar-refractivity contribution in [1.82, 2.24) is 25.8 Å². The van der Waals surface area contributed by atoms with Gasteiger partial charge in [-0.2, -0.15) is 0 Å². The number of pyridine rings is 1. The predicted octanol–water partition coefficient (Wildman–Crippen LogP) is 4.97. The zero-order chi connectivity index (χ0) is 26.6. The Morgan fingerprint density at radius 1 is 1.13 bits per heavy atom. The zero-order valence-corrected chi connectivity index (χ0v) is 21.8. The second-order valence-electron chi connectivity index (χ2n) is 10.4. The number of carbonyl (C=O) groups excluding carboxylic acids is 2. The van der Waals surface area contributed by atoms with Crippen LogP contribution >= 0.6 is 0 Å². The van der Waals surface area contributed by atoms with Crippen molar-refractivity contribution in [1.29, 1.82) is 0 Å². The Morgan fingerprint density at radius 2 is 1.92 bits per heavy atom. The molecule has 38 heavy (non-hydrogen) atoms. The largest absolute Gasteiger partial charge is 0.414 e. The summed E-state index contributed by atoms with van der Waals surface area (Å²) < 4.78 is 10.3. The average Bonchev–Trinajstić information content (AvgIpc) is 3.53. The summed E-state index contributed by atoms with van der Waals surface area (Å²) in [5.41, 5.74) is 1.32. The van der Waals surface area contributed by atoms with Crippen molar-refractivity contribution >= 4 is 22.9 Å². The van der Waals surface area contributed by atoms with Gasteiger partial charge in [0.15, 0.2) is 0 Å². The molecule has 198 valence electrons. The van der Waals surface area contributed by atoms with E-state index in [4.69, 9.17) is 9.26 Å². The van der Waals surface area contributed by atoms with Gasteiger partial charge in [-0.1, -0.05) is 43.5 Å². The predicted molar refractivity (Wildman–Crippen MR) is 143 cm³/mol. The van der Waals surface area contributed by atoms with E-state index in [1.54, 1.807) is 20.0 Å². The lowest BCUT2D eigenvalue weighted by atomic mass is 9.71. The molecule has 4 aromatic rings. The SMILES string of the molecule is Cc1cc(OC(=O)N[C@@](C)(Cc2c[nH]c3ccccc23)C(=O)NCC2(c3ccccn3)CCCCC2)no1. The summed E-state index contributed by atoms with van der Waals surface area (Å²) in [5, 5.41) is 10.7. The molecule has 0 bridgehead atoms. The number of aromatic amines is 1. The molecule has 3 heterocycles. The molecule has 9 nitrogen and oxygen atoms in total. The first kappa shape index (κ1) is 25.5. The van der Waals surface area contributed by atoms with Gasteiger partial charge in [-0.25, -0.2) is 4.79 Å². The standard InChI is InChI=1S/C29H33N5O4/c1-20-16-25(34-38-20)37-27(36)33-28(2,17-21-18-31-23-11-5-4-10-22(21)23)26(35)32-19-29(13-7-3-8-14-29)24-12-6-9-15-30-24/h4-6,9-12,15-16,18,31H,3,7-8,13-14,17,19H2,1-2H3,(H,32,35)(H,33,36)/t28-/m0/s1. The summed E-state index contributed by atoms with van der Waals surface area (Å²) >= 11 is 0. The zero-order valence-electron chi connectivity index (χ0n) is 21.8. The minimum absolute atomic E-state index is 0.0335. The van der Waals surface area contributed by atoms with Gasteiger partial charge in [-0.3, -0.25) is 9.78 Å². The van der Waals surface area contributed by atoms with Gasteiger partial charge in [0.25, 0.3) is 5.88 Å². The van der Waals surface area contributed by atoms with Gasteiger partial charge in [0.1, 0.15) is 11.3 Å². The van der Waals surface area contributed by atoms with Gasteiger partial charge in [-0.15, -0.1) is 0 Å². The molecule has 1 aromatic carbocycles. The molecule has 1 aliphatic rings. The number of hydrogen-bond acceptors (Lipinski definition) is 6. The Morgan fingerprint density at radius 3 is 2.66 bits per heavy atom. The molecule has 9 heteroatoms. The van der Waals surface area contributed by atoms with Crippen molar-refractivity contribution in [2.24, 2.45) is 0 Å². The number of aryl methyl sites for hydroxylation is 1. The van der Waals surface area contributed by atoms with Crippen molar-refractivity contribution in [3.63, 3.8) is 0 Å². The highest BCUT2D eigenvalue weighted by molar-refractivity contribution is 5.91. The molecule has 3 aromatic heterocycles. The molecule has 1 aliphatic carbocycles. The number of H-pyrrole nitrogens is 1. The van der Waals surface area contributed by atoms with Gasteiger partial charge < -0.3 is 24.9 Å². The average molecular weight is 516 g/mol. The van der Waals surface area contributed by atoms with E-state index in [-0.39, 0.29) is 23.6 Å². The Balaban J connectivity index is 1.39. The van der Waals surface area contributed by atoms with Crippen LogP contribution in [0.3, 0.4) is 0 Å². The maximum absolute atomic E-state index is 13.9. The van der Waals surface area contributed by atoms with E-state index in [0.717, 1.165) is 47.8 Å². The molecule has 1 fully saturated rings. The molecular weight excluding hydrogens is 482 g/mol. The summed E-state index contributed by atoms with van der Waals surface area (Å²) in [6, 6.07) is 15.3. The Hall–Kier alpha value is -4.14. The second-order valence-corrected chi connectivity index (χ2v) is 10.4. The number of aromatic nitrogens is 3. The van der Waals surface area contributed by atoms with Gasteiger partial charge in [0, 0.05) is 53.4 Å². The van der Waals surface area contributed by atoms with Gasteiger partial charge in [0.05, 0.1) is 0 Å². The Labute approximate surface area is 221 Å². The van der Waals surface area contributed by atoms with E-state index in [1.807, 2.05) is 48.7 Å². The first-order valence-electron chi connectivity index (χ1n) is 13.1. The summed E-state index contributed by atoms with van der Waals surface area (Å²) in [7, 11) is 0. The number of para-hydroxylation sites is 1. The fourth-order valence-corrected chi connectivity index (χ4v) is 5.45. The van der Waals surface area contributed by atoms with Crippen LogP contribution in [0.2, 0.25) is 0 Å². The molecule has 2 amide bonds. The van der Waals surface area contributed by atoms with Crippen LogP contribution in [0.25, 0.3) is 10.9 Å². The number of rotatable bonds is 8. The maximum Gasteiger partial charge on any atom is 0.414 e. The number of amides is 2. The maximum atomic E-state index is 13.9. The number of benzene rings is 1. The molecule has 3 N–H and O–H groups in total. The van der Waals surface area contributed by atoms with E-state index >= 15 is 0 Å². The Kier molecular flexibility index (Phi) is 7.18. The third-order valence-corrected chi connectivity index (χ3v) is 7.51. The van der Waals surface area contributed by atoms with Crippen LogP contribution in [0.5, 0.6) is 5.88 Å². The number of nitrogens with one attached hydrogen (secondary N) is 3. The van der Waals surface area contributed by atoms with E-state index in [9.17, 15) is 9.59 Å². The molecule has 0 aliphatic heterocycles. The summed E-state index contributed by atoms with van der Waals surface area (Å²) in [4.78, 5) is 34.7. The van der Waals surface area contributed by atoms with E-state index in [0.29, 0.717) is 12.3 Å². The lowest BCUT2D eigenvalue weighted by Gasteiger charge is -2.38. The fraction of sp³-hybridized carbons (Fsp3) is 0.379. The van der Waals surface area contributed by atoms with Crippen LogP contribution in [0.4, 0.5) is 4.79 Å². The lowest BCUT2D eigenvalue weighted by molar-refractivity contribution is -0.127. The molecule has 0 saturated heterocycles. The molecule has 5 rings (SSSR count). The van der Waals surface area contributed by atoms with E-state index in [1.165, 1.54) is 12.5 Å². The third kappa shape index (κ3) is 5.41. The smallest absolute Gasteiger partial charge is 0.388 e. The highest BCUT2D eigenvalue weighted by Crippen LogP contribution is 2.38. The van der Waals surface area contributed by atoms with Crippen LogP contribution in [0, 0.1) is 6.92 Å². The first-order valence-corrected chi connectivity index (χ1v) is 13.1. The summed E-state index contributed by atoms with van der Waals surface area (Å²) in [6.45, 7) is 3.86. The number of nitrogens with zero attached hydrogens (tertiary/aromatic N) is 2. The second kappa shape index (κ2) is 10.7. The molecule has 1 atom stereocenters. The van der Waals surface area contributed by atoms with Crippen LogP contribution in [0.15, 0.2) is 65.4 Å². The quantitative estimate of drug-likeness (QED) is 0.305. The topological polar surface area (TPSA) is 122 Å². The lowest BCUT2D eigenvalue weighted by Crippen LogP contribution is -2.60. The monoisotopic (exact) mass is 515 g/mol. The van der Waals surface area contributed by atoms with Crippen molar-refractivity contribution in [2.45, 2.75) is 63.3 Å². The molecule has 0 unspecified atom stereocenters. The minimum atomic E-state index is -1.30. The van der Waals surface area contributed by atoms with Gasteiger partial charge >= 0.3 is 6.09 Å². The van der Waals surface area contributed by atoms with E-state index < -0.39 is 11.6 Å². The van der Waals surface area contributed by atoms with Crippen LogP contribution in [-0.2, 0) is 16.6 Å². The number of ether oxygens (including phenoxy) is 1. The van der Waals surface area contributed by atoms with Crippen molar-refractivity contribution in [3.05, 3.63) is 77.9 Å². The Bertz CT molecular complexity index is 1410. The highest BCUT2D eigenvalue weighted by Gasteiger charge is 2.40.